The third-order valence-corrected chi connectivity index (χ3v) is 5.51. The Morgan fingerprint density at radius 2 is 1.86 bits per heavy atom. The molecule has 2 aromatic carbocycles. The van der Waals surface area contributed by atoms with E-state index in [0.29, 0.717) is 0 Å². The van der Waals surface area contributed by atoms with Crippen LogP contribution in [0.1, 0.15) is 35.4 Å². The molecule has 1 unspecified atom stereocenters. The van der Waals surface area contributed by atoms with Gasteiger partial charge in [-0.25, -0.2) is 9.59 Å². The van der Waals surface area contributed by atoms with Crippen molar-refractivity contribution in [2.24, 2.45) is 0 Å². The maximum absolute atomic E-state index is 12.4. The second kappa shape index (κ2) is 8.35. The fraction of sp³-hybridized carbons (Fsp3) is 0.250. The lowest BCUT2D eigenvalue weighted by atomic mass is 9.91. The summed E-state index contributed by atoms with van der Waals surface area (Å²) in [5, 5.41) is 12.0. The van der Waals surface area contributed by atoms with Crippen LogP contribution in [0.25, 0.3) is 5.57 Å². The maximum atomic E-state index is 12.4. The molecule has 1 amide bonds. The third-order valence-electron chi connectivity index (χ3n) is 5.51. The monoisotopic (exact) mass is 389 g/mol. The van der Waals surface area contributed by atoms with E-state index in [0.717, 1.165) is 24.0 Å². The van der Waals surface area contributed by atoms with E-state index in [1.807, 2.05) is 42.5 Å². The number of benzene rings is 2. The SMILES string of the molecule is O=C(N[C@@H](Cc1ccccc1)C(=O)O)OCC1C2=C(C=CCC2)c2ccccc21. The maximum Gasteiger partial charge on any atom is 0.407 e. The molecule has 0 bridgehead atoms. The first-order valence-corrected chi connectivity index (χ1v) is 9.82. The summed E-state index contributed by atoms with van der Waals surface area (Å²) < 4.78 is 5.48. The summed E-state index contributed by atoms with van der Waals surface area (Å²) in [5.74, 6) is -1.06. The molecule has 0 fully saturated rings. The van der Waals surface area contributed by atoms with E-state index in [9.17, 15) is 14.7 Å². The Kier molecular flexibility index (Phi) is 5.47. The highest BCUT2D eigenvalue weighted by molar-refractivity contribution is 5.85. The van der Waals surface area contributed by atoms with Crippen LogP contribution in [0.2, 0.25) is 0 Å². The predicted molar refractivity (Wildman–Crippen MR) is 111 cm³/mol. The average Bonchev–Trinajstić information content (AvgIpc) is 3.06. The molecule has 5 nitrogen and oxygen atoms in total. The fourth-order valence-corrected chi connectivity index (χ4v) is 4.12. The van der Waals surface area contributed by atoms with Gasteiger partial charge in [0.1, 0.15) is 12.6 Å². The molecule has 2 aromatic rings. The fourth-order valence-electron chi connectivity index (χ4n) is 4.12. The van der Waals surface area contributed by atoms with Crippen molar-refractivity contribution in [1.82, 2.24) is 5.32 Å². The number of nitrogens with one attached hydrogen (secondary N) is 1. The van der Waals surface area contributed by atoms with Crippen molar-refractivity contribution in [3.63, 3.8) is 0 Å². The van der Waals surface area contributed by atoms with Crippen LogP contribution >= 0.6 is 0 Å². The van der Waals surface area contributed by atoms with Gasteiger partial charge in [-0.2, -0.15) is 0 Å². The Labute approximate surface area is 169 Å². The molecule has 0 aromatic heterocycles. The van der Waals surface area contributed by atoms with E-state index in [-0.39, 0.29) is 18.9 Å². The van der Waals surface area contributed by atoms with Gasteiger partial charge in [-0.15, -0.1) is 0 Å². The van der Waals surface area contributed by atoms with Crippen molar-refractivity contribution in [3.8, 4) is 0 Å². The van der Waals surface area contributed by atoms with E-state index in [1.54, 1.807) is 0 Å². The number of allylic oxidation sites excluding steroid dienone is 3. The minimum atomic E-state index is -1.08. The zero-order valence-electron chi connectivity index (χ0n) is 16.0. The summed E-state index contributed by atoms with van der Waals surface area (Å²) in [6, 6.07) is 16.4. The van der Waals surface area contributed by atoms with Gasteiger partial charge in [-0.1, -0.05) is 72.3 Å². The Hall–Kier alpha value is -3.34. The second-order valence-electron chi connectivity index (χ2n) is 7.34. The molecule has 2 N–H and O–H groups in total. The van der Waals surface area contributed by atoms with Crippen molar-refractivity contribution in [2.45, 2.75) is 31.2 Å². The number of carbonyl (C=O) groups is 2. The number of fused-ring (bicyclic) bond motifs is 2. The number of carboxylic acids is 1. The summed E-state index contributed by atoms with van der Waals surface area (Å²) >= 11 is 0. The van der Waals surface area contributed by atoms with Crippen LogP contribution in [0, 0.1) is 0 Å². The predicted octanol–water partition coefficient (Wildman–Crippen LogP) is 4.31. The molecule has 0 spiro atoms. The number of aliphatic carboxylic acids is 1. The normalized spacial score (nSPS) is 18.0. The van der Waals surface area contributed by atoms with Gasteiger partial charge in [0.15, 0.2) is 0 Å². The zero-order valence-corrected chi connectivity index (χ0v) is 16.0. The van der Waals surface area contributed by atoms with Crippen LogP contribution in [-0.4, -0.2) is 29.8 Å². The quantitative estimate of drug-likeness (QED) is 0.772. The lowest BCUT2D eigenvalue weighted by Crippen LogP contribution is -2.42. The Balaban J connectivity index is 1.42. The first-order valence-electron chi connectivity index (χ1n) is 9.82. The van der Waals surface area contributed by atoms with Gasteiger partial charge >= 0.3 is 12.1 Å². The number of hydrogen-bond donors (Lipinski definition) is 2. The van der Waals surface area contributed by atoms with Gasteiger partial charge in [0.25, 0.3) is 0 Å². The Morgan fingerprint density at radius 3 is 2.66 bits per heavy atom. The van der Waals surface area contributed by atoms with Crippen molar-refractivity contribution in [2.75, 3.05) is 6.61 Å². The average molecular weight is 389 g/mol. The first kappa shape index (κ1) is 19.0. The Bertz CT molecular complexity index is 977. The molecule has 0 heterocycles. The molecular weight excluding hydrogens is 366 g/mol. The standard InChI is InChI=1S/C24H23NO4/c26-23(27)22(14-16-8-2-1-3-9-16)25-24(28)29-15-21-19-12-6-4-10-17(19)18-11-5-7-13-20(18)21/h1-6,8-12,21-22H,7,13-15H2,(H,25,28)(H,26,27)/t21?,22-/m0/s1. The molecule has 2 aliphatic carbocycles. The van der Waals surface area contributed by atoms with Crippen LogP contribution < -0.4 is 5.32 Å². The number of hydrogen-bond acceptors (Lipinski definition) is 3. The smallest absolute Gasteiger partial charge is 0.407 e. The molecule has 0 saturated heterocycles. The van der Waals surface area contributed by atoms with Gasteiger partial charge in [0, 0.05) is 12.3 Å². The first-order chi connectivity index (χ1) is 14.1. The van der Waals surface area contributed by atoms with Crippen LogP contribution in [-0.2, 0) is 16.0 Å². The summed E-state index contributed by atoms with van der Waals surface area (Å²) in [5.41, 5.74) is 5.72. The van der Waals surface area contributed by atoms with Gasteiger partial charge in [0.05, 0.1) is 0 Å². The lowest BCUT2D eigenvalue weighted by Gasteiger charge is -2.19. The van der Waals surface area contributed by atoms with E-state index in [4.69, 9.17) is 4.74 Å². The minimum absolute atomic E-state index is 0.0225. The molecule has 4 rings (SSSR count). The highest BCUT2D eigenvalue weighted by Crippen LogP contribution is 2.46. The zero-order chi connectivity index (χ0) is 20.2. The molecule has 148 valence electrons. The number of carboxylic acid groups (broad SMARTS) is 1. The molecule has 2 atom stereocenters. The van der Waals surface area contributed by atoms with Crippen molar-refractivity contribution < 1.29 is 19.4 Å². The number of amides is 1. The van der Waals surface area contributed by atoms with E-state index in [1.165, 1.54) is 16.7 Å². The van der Waals surface area contributed by atoms with Crippen molar-refractivity contribution in [3.05, 3.63) is 89.0 Å². The topological polar surface area (TPSA) is 75.6 Å². The molecule has 29 heavy (non-hydrogen) atoms. The van der Waals surface area contributed by atoms with E-state index < -0.39 is 18.1 Å². The lowest BCUT2D eigenvalue weighted by molar-refractivity contribution is -0.139. The Morgan fingerprint density at radius 1 is 1.10 bits per heavy atom. The van der Waals surface area contributed by atoms with Gasteiger partial charge in [-0.05, 0) is 35.1 Å². The summed E-state index contributed by atoms with van der Waals surface area (Å²) in [7, 11) is 0. The molecule has 2 aliphatic rings. The summed E-state index contributed by atoms with van der Waals surface area (Å²) in [6.45, 7) is 0.202. The van der Waals surface area contributed by atoms with Gasteiger partial charge < -0.3 is 15.2 Å². The third kappa shape index (κ3) is 4.09. The summed E-state index contributed by atoms with van der Waals surface area (Å²) in [4.78, 5) is 23.9. The van der Waals surface area contributed by atoms with Gasteiger partial charge in [-0.3, -0.25) is 0 Å². The number of rotatable bonds is 6. The molecule has 0 aliphatic heterocycles. The molecule has 0 saturated carbocycles. The summed E-state index contributed by atoms with van der Waals surface area (Å²) in [6.07, 6.45) is 5.75. The van der Waals surface area contributed by atoms with E-state index in [2.05, 4.69) is 29.6 Å². The highest BCUT2D eigenvalue weighted by Gasteiger charge is 2.32. The van der Waals surface area contributed by atoms with Crippen LogP contribution in [0.15, 0.2) is 72.3 Å². The van der Waals surface area contributed by atoms with Crippen LogP contribution in [0.4, 0.5) is 4.79 Å². The van der Waals surface area contributed by atoms with Crippen molar-refractivity contribution in [1.29, 1.82) is 0 Å². The molecule has 5 heteroatoms. The minimum Gasteiger partial charge on any atom is -0.480 e. The highest BCUT2D eigenvalue weighted by atomic mass is 16.5. The number of ether oxygens (including phenoxy) is 1. The number of carbonyl (C=O) groups excluding carboxylic acids is 1. The van der Waals surface area contributed by atoms with E-state index >= 15 is 0 Å². The second-order valence-corrected chi connectivity index (χ2v) is 7.34. The van der Waals surface area contributed by atoms with Crippen LogP contribution in [0.5, 0.6) is 0 Å². The van der Waals surface area contributed by atoms with Crippen LogP contribution in [0.3, 0.4) is 0 Å². The molecule has 0 radical (unpaired) electrons. The van der Waals surface area contributed by atoms with Crippen molar-refractivity contribution >= 4 is 17.6 Å². The number of alkyl carbamates (subject to hydrolysis) is 1. The van der Waals surface area contributed by atoms with Gasteiger partial charge in [0.2, 0.25) is 0 Å². The largest absolute Gasteiger partial charge is 0.480 e. The molecular formula is C24H23NO4.